The van der Waals surface area contributed by atoms with Crippen molar-refractivity contribution in [1.82, 2.24) is 18.4 Å². The highest BCUT2D eigenvalue weighted by Gasteiger charge is 2.49. The predicted molar refractivity (Wildman–Crippen MR) is 137 cm³/mol. The smallest absolute Gasteiger partial charge is 0.410 e. The first-order chi connectivity index (χ1) is 17.2. The van der Waals surface area contributed by atoms with Crippen LogP contribution in [0.3, 0.4) is 0 Å². The molecule has 3 saturated heterocycles. The van der Waals surface area contributed by atoms with Crippen molar-refractivity contribution in [3.63, 3.8) is 0 Å². The fourth-order valence-corrected chi connectivity index (χ4v) is 8.19. The van der Waals surface area contributed by atoms with Crippen molar-refractivity contribution in [3.05, 3.63) is 35.4 Å². The lowest BCUT2D eigenvalue weighted by Gasteiger charge is -2.51. The van der Waals surface area contributed by atoms with Gasteiger partial charge >= 0.3 is 6.09 Å². The molecule has 9 nitrogen and oxygen atoms in total. The second-order valence-corrected chi connectivity index (χ2v) is 13.2. The number of benzene rings is 1. The van der Waals surface area contributed by atoms with E-state index in [1.807, 2.05) is 11.0 Å². The fraction of sp³-hybridized carbons (Fsp3) is 0.731. The highest BCUT2D eigenvalue weighted by atomic mass is 32.2. The molecule has 10 heteroatoms. The maximum absolute atomic E-state index is 13.1. The van der Waals surface area contributed by atoms with Gasteiger partial charge in [-0.3, -0.25) is 0 Å². The summed E-state index contributed by atoms with van der Waals surface area (Å²) >= 11 is 0. The van der Waals surface area contributed by atoms with Crippen molar-refractivity contribution in [2.45, 2.75) is 68.6 Å². The van der Waals surface area contributed by atoms with Crippen LogP contribution in [0.4, 0.5) is 4.79 Å². The number of likely N-dealkylation sites (tertiary alicyclic amines) is 1. The summed E-state index contributed by atoms with van der Waals surface area (Å²) in [6.07, 6.45) is 5.75. The lowest BCUT2D eigenvalue weighted by molar-refractivity contribution is 0.0162. The molecule has 2 bridgehead atoms. The van der Waals surface area contributed by atoms with Crippen molar-refractivity contribution in [2.75, 3.05) is 54.1 Å². The molecular formula is C26H40N4O5S. The monoisotopic (exact) mass is 520 g/mol. The quantitative estimate of drug-likeness (QED) is 0.536. The summed E-state index contributed by atoms with van der Waals surface area (Å²) in [6.45, 7) is 3.59. The van der Waals surface area contributed by atoms with E-state index in [2.05, 4.69) is 23.1 Å². The third kappa shape index (κ3) is 4.67. The minimum Gasteiger partial charge on any atom is -0.447 e. The lowest BCUT2D eigenvalue weighted by Crippen LogP contribution is -2.58. The summed E-state index contributed by atoms with van der Waals surface area (Å²) in [5, 5.41) is 0. The normalized spacial score (nSPS) is 28.4. The number of carbonyl (C=O) groups is 1. The van der Waals surface area contributed by atoms with E-state index < -0.39 is 10.2 Å². The average Bonchev–Trinajstić information content (AvgIpc) is 3.14. The van der Waals surface area contributed by atoms with Gasteiger partial charge in [0.1, 0.15) is 6.61 Å². The first kappa shape index (κ1) is 25.9. The second-order valence-electron chi connectivity index (χ2n) is 11.1. The zero-order chi connectivity index (χ0) is 25.5. The lowest BCUT2D eigenvalue weighted by atomic mass is 9.69. The SMILES string of the molecule is COCCOC(=O)N1C2CCC1CC(N1CCC3(CC1)CN(S(=O)(=O)N(C)C)Cc1ccccc13)C2. The topological polar surface area (TPSA) is 82.6 Å². The van der Waals surface area contributed by atoms with E-state index in [4.69, 9.17) is 9.47 Å². The molecule has 1 spiro atoms. The Balaban J connectivity index is 1.27. The predicted octanol–water partition coefficient (Wildman–Crippen LogP) is 2.42. The zero-order valence-electron chi connectivity index (χ0n) is 21.8. The Kier molecular flexibility index (Phi) is 7.35. The number of carbonyl (C=O) groups excluding carboxylic acids is 1. The van der Waals surface area contributed by atoms with Crippen LogP contribution in [0.15, 0.2) is 24.3 Å². The van der Waals surface area contributed by atoms with E-state index >= 15 is 0 Å². The molecule has 1 aromatic rings. The molecule has 0 aliphatic carbocycles. The molecule has 0 aromatic heterocycles. The van der Waals surface area contributed by atoms with Crippen LogP contribution in [0.5, 0.6) is 0 Å². The maximum atomic E-state index is 13.1. The van der Waals surface area contributed by atoms with Gasteiger partial charge in [0, 0.05) is 57.8 Å². The Bertz CT molecular complexity index is 1040. The molecule has 4 aliphatic heterocycles. The van der Waals surface area contributed by atoms with Crippen molar-refractivity contribution in [3.8, 4) is 0 Å². The molecule has 1 aromatic carbocycles. The van der Waals surface area contributed by atoms with Crippen molar-refractivity contribution >= 4 is 16.3 Å². The fourth-order valence-electron chi connectivity index (χ4n) is 7.01. The average molecular weight is 521 g/mol. The summed E-state index contributed by atoms with van der Waals surface area (Å²) in [4.78, 5) is 17.3. The zero-order valence-corrected chi connectivity index (χ0v) is 22.6. The molecular weight excluding hydrogens is 480 g/mol. The van der Waals surface area contributed by atoms with E-state index in [1.54, 1.807) is 25.5 Å². The van der Waals surface area contributed by atoms with Gasteiger partial charge in [0.2, 0.25) is 0 Å². The van der Waals surface area contributed by atoms with Gasteiger partial charge < -0.3 is 19.3 Å². The van der Waals surface area contributed by atoms with Crippen LogP contribution in [0, 0.1) is 0 Å². The Hall–Kier alpha value is -1.72. The van der Waals surface area contributed by atoms with E-state index in [0.717, 1.165) is 57.2 Å². The van der Waals surface area contributed by atoms with Crippen LogP contribution >= 0.6 is 0 Å². The van der Waals surface area contributed by atoms with Crippen molar-refractivity contribution in [2.24, 2.45) is 0 Å². The van der Waals surface area contributed by atoms with Gasteiger partial charge in [-0.25, -0.2) is 4.79 Å². The highest BCUT2D eigenvalue weighted by molar-refractivity contribution is 7.86. The molecule has 0 N–H and O–H groups in total. The Morgan fingerprint density at radius 3 is 2.36 bits per heavy atom. The van der Waals surface area contributed by atoms with E-state index in [1.165, 1.54) is 9.87 Å². The summed E-state index contributed by atoms with van der Waals surface area (Å²) in [5.41, 5.74) is 2.30. The number of fused-ring (bicyclic) bond motifs is 4. The Morgan fingerprint density at radius 2 is 1.72 bits per heavy atom. The molecule has 5 rings (SSSR count). The molecule has 200 valence electrons. The van der Waals surface area contributed by atoms with E-state index in [-0.39, 0.29) is 23.6 Å². The number of piperidine rings is 2. The highest BCUT2D eigenvalue weighted by Crippen LogP contribution is 2.45. The number of methoxy groups -OCH3 is 1. The van der Waals surface area contributed by atoms with Gasteiger partial charge in [0.05, 0.1) is 6.61 Å². The van der Waals surface area contributed by atoms with Crippen LogP contribution in [-0.2, 0) is 31.6 Å². The molecule has 36 heavy (non-hydrogen) atoms. The van der Waals surface area contributed by atoms with Gasteiger partial charge in [0.15, 0.2) is 0 Å². The van der Waals surface area contributed by atoms with Gasteiger partial charge in [-0.05, 0) is 62.7 Å². The van der Waals surface area contributed by atoms with Crippen molar-refractivity contribution in [1.29, 1.82) is 0 Å². The van der Waals surface area contributed by atoms with Gasteiger partial charge in [-0.1, -0.05) is 24.3 Å². The summed E-state index contributed by atoms with van der Waals surface area (Å²) in [6, 6.07) is 9.34. The van der Waals surface area contributed by atoms with Crippen LogP contribution in [0.2, 0.25) is 0 Å². The molecule has 0 saturated carbocycles. The number of hydrogen-bond donors (Lipinski definition) is 0. The molecule has 1 amide bonds. The first-order valence-electron chi connectivity index (χ1n) is 13.2. The van der Waals surface area contributed by atoms with Gasteiger partial charge in [-0.15, -0.1) is 0 Å². The number of rotatable bonds is 6. The first-order valence-corrected chi connectivity index (χ1v) is 14.6. The minimum absolute atomic E-state index is 0.154. The number of ether oxygens (including phenoxy) is 2. The Labute approximate surface area is 215 Å². The van der Waals surface area contributed by atoms with E-state index in [9.17, 15) is 13.2 Å². The molecule has 2 atom stereocenters. The summed E-state index contributed by atoms with van der Waals surface area (Å²) in [5.74, 6) is 0. The Morgan fingerprint density at radius 1 is 1.06 bits per heavy atom. The largest absolute Gasteiger partial charge is 0.447 e. The number of amides is 1. The van der Waals surface area contributed by atoms with Gasteiger partial charge in [0.25, 0.3) is 10.2 Å². The summed E-state index contributed by atoms with van der Waals surface area (Å²) in [7, 11) is 1.34. The third-order valence-electron chi connectivity index (χ3n) is 8.91. The number of nitrogens with zero attached hydrogens (tertiary/aromatic N) is 4. The minimum atomic E-state index is -3.49. The molecule has 2 unspecified atom stereocenters. The molecule has 4 heterocycles. The molecule has 3 fully saturated rings. The van der Waals surface area contributed by atoms with Crippen molar-refractivity contribution < 1.29 is 22.7 Å². The summed E-state index contributed by atoms with van der Waals surface area (Å²) < 4.78 is 39.6. The van der Waals surface area contributed by atoms with Crippen LogP contribution in [-0.4, -0.2) is 105 Å². The molecule has 0 radical (unpaired) electrons. The maximum Gasteiger partial charge on any atom is 0.410 e. The van der Waals surface area contributed by atoms with E-state index in [0.29, 0.717) is 32.3 Å². The third-order valence-corrected chi connectivity index (χ3v) is 10.7. The van der Waals surface area contributed by atoms with Crippen LogP contribution in [0.25, 0.3) is 0 Å². The van der Waals surface area contributed by atoms with Crippen LogP contribution < -0.4 is 0 Å². The standard InChI is InChI=1S/C26H40N4O5S/c1-27(2)36(32,33)29-18-20-6-4-5-7-24(20)26(19-29)10-12-28(13-11-26)23-16-21-8-9-22(17-23)30(21)25(31)35-15-14-34-3/h4-7,21-23H,8-19H2,1-3H3. The molecule has 4 aliphatic rings. The second kappa shape index (κ2) is 10.2. The number of hydrogen-bond acceptors (Lipinski definition) is 6. The van der Waals surface area contributed by atoms with Gasteiger partial charge in [-0.2, -0.15) is 17.0 Å². The van der Waals surface area contributed by atoms with Crippen LogP contribution in [0.1, 0.15) is 49.7 Å².